The van der Waals surface area contributed by atoms with Crippen molar-refractivity contribution in [1.82, 2.24) is 9.88 Å². The number of hydrogen-bond donors (Lipinski definition) is 0. The summed E-state index contributed by atoms with van der Waals surface area (Å²) in [4.78, 5) is 9.12. The second-order valence-corrected chi connectivity index (χ2v) is 5.30. The molecule has 3 rings (SSSR count). The first-order valence-corrected chi connectivity index (χ1v) is 6.61. The van der Waals surface area contributed by atoms with Gasteiger partial charge in [0.2, 0.25) is 0 Å². The number of hydrogen-bond acceptors (Lipinski definition) is 4. The van der Waals surface area contributed by atoms with Crippen LogP contribution >= 0.6 is 0 Å². The van der Waals surface area contributed by atoms with Crippen LogP contribution in [0, 0.1) is 11.3 Å². The molecule has 0 spiro atoms. The third kappa shape index (κ3) is 1.95. The maximum absolute atomic E-state index is 8.77. The van der Waals surface area contributed by atoms with Gasteiger partial charge in [-0.1, -0.05) is 0 Å². The minimum absolute atomic E-state index is 0.493. The molecule has 0 aliphatic carbocycles. The molecule has 2 fully saturated rings. The summed E-state index contributed by atoms with van der Waals surface area (Å²) in [6.45, 7) is 2.18. The molecule has 3 heterocycles. The molecule has 2 saturated heterocycles. The first-order chi connectivity index (χ1) is 8.78. The fraction of sp³-hybridized carbons (Fsp3) is 0.571. The van der Waals surface area contributed by atoms with E-state index in [4.69, 9.17) is 5.26 Å². The first-order valence-electron chi connectivity index (χ1n) is 6.61. The largest absolute Gasteiger partial charge is 0.369 e. The molecule has 0 saturated carbocycles. The smallest absolute Gasteiger partial charge is 0.140 e. The molecule has 0 aromatic carbocycles. The molecule has 0 unspecified atom stereocenters. The second kappa shape index (κ2) is 4.58. The monoisotopic (exact) mass is 242 g/mol. The normalized spacial score (nSPS) is 27.9. The highest BCUT2D eigenvalue weighted by molar-refractivity contribution is 5.46. The SMILES string of the molecule is CN1[C@H]2CC[C@H]1CN(c1ccc(C#N)nc1)CC2. The van der Waals surface area contributed by atoms with Crippen molar-refractivity contribution in [3.8, 4) is 6.07 Å². The lowest BCUT2D eigenvalue weighted by Crippen LogP contribution is -2.36. The predicted octanol–water partition coefficient (Wildman–Crippen LogP) is 1.63. The summed E-state index contributed by atoms with van der Waals surface area (Å²) in [5.74, 6) is 0. The van der Waals surface area contributed by atoms with Gasteiger partial charge in [0, 0.05) is 25.2 Å². The Morgan fingerprint density at radius 2 is 2.11 bits per heavy atom. The van der Waals surface area contributed by atoms with Gasteiger partial charge in [0.1, 0.15) is 11.8 Å². The number of nitrogens with zero attached hydrogens (tertiary/aromatic N) is 4. The summed E-state index contributed by atoms with van der Waals surface area (Å²) in [7, 11) is 2.25. The van der Waals surface area contributed by atoms with E-state index in [1.807, 2.05) is 18.3 Å². The minimum atomic E-state index is 0.493. The van der Waals surface area contributed by atoms with Crippen molar-refractivity contribution in [2.75, 3.05) is 25.0 Å². The maximum Gasteiger partial charge on any atom is 0.140 e. The van der Waals surface area contributed by atoms with Crippen LogP contribution in [0.3, 0.4) is 0 Å². The van der Waals surface area contributed by atoms with E-state index in [0.717, 1.165) is 24.8 Å². The molecule has 2 aliphatic heterocycles. The van der Waals surface area contributed by atoms with Crippen molar-refractivity contribution in [1.29, 1.82) is 5.26 Å². The zero-order valence-electron chi connectivity index (χ0n) is 10.7. The van der Waals surface area contributed by atoms with E-state index < -0.39 is 0 Å². The molecule has 18 heavy (non-hydrogen) atoms. The van der Waals surface area contributed by atoms with Gasteiger partial charge in [0.15, 0.2) is 0 Å². The van der Waals surface area contributed by atoms with E-state index in [-0.39, 0.29) is 0 Å². The van der Waals surface area contributed by atoms with Gasteiger partial charge in [0.25, 0.3) is 0 Å². The van der Waals surface area contributed by atoms with Gasteiger partial charge in [-0.15, -0.1) is 0 Å². The highest BCUT2D eigenvalue weighted by Crippen LogP contribution is 2.30. The molecule has 2 bridgehead atoms. The van der Waals surface area contributed by atoms with E-state index in [0.29, 0.717) is 11.7 Å². The van der Waals surface area contributed by atoms with Crippen LogP contribution in [0.4, 0.5) is 5.69 Å². The summed E-state index contributed by atoms with van der Waals surface area (Å²) in [5.41, 5.74) is 1.64. The molecule has 1 aromatic heterocycles. The summed E-state index contributed by atoms with van der Waals surface area (Å²) < 4.78 is 0. The maximum atomic E-state index is 8.77. The first kappa shape index (κ1) is 11.5. The summed E-state index contributed by atoms with van der Waals surface area (Å²) in [6, 6.07) is 7.32. The Hall–Kier alpha value is -1.60. The van der Waals surface area contributed by atoms with Crippen LogP contribution in [-0.2, 0) is 0 Å². The van der Waals surface area contributed by atoms with Crippen LogP contribution in [0.1, 0.15) is 25.0 Å². The fourth-order valence-electron chi connectivity index (χ4n) is 3.18. The number of rotatable bonds is 1. The average molecular weight is 242 g/mol. The van der Waals surface area contributed by atoms with Crippen molar-refractivity contribution in [2.24, 2.45) is 0 Å². The van der Waals surface area contributed by atoms with Gasteiger partial charge in [0.05, 0.1) is 11.9 Å². The van der Waals surface area contributed by atoms with Crippen molar-refractivity contribution < 1.29 is 0 Å². The molecule has 0 N–H and O–H groups in total. The molecule has 2 aliphatic rings. The Morgan fingerprint density at radius 3 is 2.83 bits per heavy atom. The summed E-state index contributed by atoms with van der Waals surface area (Å²) in [5, 5.41) is 8.77. The molecule has 4 heteroatoms. The summed E-state index contributed by atoms with van der Waals surface area (Å²) in [6.07, 6.45) is 5.71. The topological polar surface area (TPSA) is 43.2 Å². The van der Waals surface area contributed by atoms with Gasteiger partial charge in [-0.25, -0.2) is 4.98 Å². The van der Waals surface area contributed by atoms with Crippen molar-refractivity contribution in [3.63, 3.8) is 0 Å². The number of nitriles is 1. The number of anilines is 1. The Kier molecular flexibility index (Phi) is 2.92. The molecule has 0 amide bonds. The van der Waals surface area contributed by atoms with Crippen molar-refractivity contribution in [3.05, 3.63) is 24.0 Å². The highest BCUT2D eigenvalue weighted by Gasteiger charge is 2.34. The zero-order valence-corrected chi connectivity index (χ0v) is 10.7. The van der Waals surface area contributed by atoms with E-state index in [1.165, 1.54) is 19.3 Å². The Labute approximate surface area is 108 Å². The molecular formula is C14H18N4. The predicted molar refractivity (Wildman–Crippen MR) is 70.4 cm³/mol. The molecule has 0 radical (unpaired) electrons. The number of aromatic nitrogens is 1. The Morgan fingerprint density at radius 1 is 1.28 bits per heavy atom. The molecule has 2 atom stereocenters. The van der Waals surface area contributed by atoms with Gasteiger partial charge in [-0.05, 0) is 38.4 Å². The van der Waals surface area contributed by atoms with Crippen LogP contribution in [-0.4, -0.2) is 42.1 Å². The van der Waals surface area contributed by atoms with Gasteiger partial charge in [-0.2, -0.15) is 5.26 Å². The quantitative estimate of drug-likeness (QED) is 0.750. The summed E-state index contributed by atoms with van der Waals surface area (Å²) >= 11 is 0. The lowest BCUT2D eigenvalue weighted by molar-refractivity contribution is 0.254. The van der Waals surface area contributed by atoms with Crippen LogP contribution in [0.5, 0.6) is 0 Å². The van der Waals surface area contributed by atoms with Crippen LogP contribution in [0.25, 0.3) is 0 Å². The van der Waals surface area contributed by atoms with Gasteiger partial charge >= 0.3 is 0 Å². The standard InChI is InChI=1S/C14H18N4/c1-17-12-4-5-14(17)10-18(7-6-12)13-3-2-11(8-15)16-9-13/h2-3,9,12,14H,4-7,10H2,1H3/t12-,14-/m0/s1. The van der Waals surface area contributed by atoms with Crippen LogP contribution in [0.2, 0.25) is 0 Å². The number of likely N-dealkylation sites (N-methyl/N-ethyl adjacent to an activating group) is 1. The lowest BCUT2D eigenvalue weighted by atomic mass is 10.1. The van der Waals surface area contributed by atoms with E-state index in [9.17, 15) is 0 Å². The van der Waals surface area contributed by atoms with Crippen LogP contribution < -0.4 is 4.90 Å². The third-order valence-electron chi connectivity index (χ3n) is 4.38. The van der Waals surface area contributed by atoms with Crippen molar-refractivity contribution >= 4 is 5.69 Å². The number of fused-ring (bicyclic) bond motifs is 2. The van der Waals surface area contributed by atoms with E-state index in [2.05, 4.69) is 27.9 Å². The second-order valence-electron chi connectivity index (χ2n) is 5.30. The fourth-order valence-corrected chi connectivity index (χ4v) is 3.18. The van der Waals surface area contributed by atoms with Gasteiger partial charge in [-0.3, -0.25) is 4.90 Å². The third-order valence-corrected chi connectivity index (χ3v) is 4.38. The zero-order chi connectivity index (χ0) is 12.5. The molecule has 94 valence electrons. The van der Waals surface area contributed by atoms with E-state index >= 15 is 0 Å². The van der Waals surface area contributed by atoms with Crippen LogP contribution in [0.15, 0.2) is 18.3 Å². The average Bonchev–Trinajstić information content (AvgIpc) is 2.64. The molecule has 1 aromatic rings. The lowest BCUT2D eigenvalue weighted by Gasteiger charge is -2.27. The minimum Gasteiger partial charge on any atom is -0.369 e. The Bertz CT molecular complexity index is 462. The molecular weight excluding hydrogens is 224 g/mol. The van der Waals surface area contributed by atoms with Crippen molar-refractivity contribution in [2.45, 2.75) is 31.3 Å². The Balaban J connectivity index is 1.78. The molecule has 4 nitrogen and oxygen atoms in total. The number of pyridine rings is 1. The van der Waals surface area contributed by atoms with E-state index in [1.54, 1.807) is 0 Å². The van der Waals surface area contributed by atoms with Gasteiger partial charge < -0.3 is 4.90 Å². The highest BCUT2D eigenvalue weighted by atomic mass is 15.3.